The monoisotopic (exact) mass is 774 g/mol. The summed E-state index contributed by atoms with van der Waals surface area (Å²) in [6.45, 7) is 0.923. The molecule has 12 heteroatoms. The molecule has 6 aromatic carbocycles. The summed E-state index contributed by atoms with van der Waals surface area (Å²) >= 11 is 0. The SMILES string of the molecule is COc1ccccc1C(c1nc2ccc(F)cc2[nH]1)N1Cc2ccccc2C1=O.COc1ccccc1C(c1nc2ccc(F)cc2[nH]1)N1Cc2ccccc2C1=O. The van der Waals surface area contributed by atoms with E-state index in [0.29, 0.717) is 69.4 Å². The van der Waals surface area contributed by atoms with Gasteiger partial charge < -0.3 is 29.2 Å². The first-order valence-electron chi connectivity index (χ1n) is 18.6. The second-order valence-corrected chi connectivity index (χ2v) is 14.0. The molecule has 2 atom stereocenters. The third kappa shape index (κ3) is 6.47. The van der Waals surface area contributed by atoms with Gasteiger partial charge in [0, 0.05) is 35.3 Å². The van der Waals surface area contributed by atoms with Crippen molar-refractivity contribution >= 4 is 33.9 Å². The number of aromatic amines is 2. The molecular weight excluding hydrogens is 739 g/mol. The quantitative estimate of drug-likeness (QED) is 0.159. The molecule has 288 valence electrons. The third-order valence-corrected chi connectivity index (χ3v) is 10.6. The number of hydrogen-bond acceptors (Lipinski definition) is 6. The van der Waals surface area contributed by atoms with E-state index in [1.807, 2.05) is 97.1 Å². The van der Waals surface area contributed by atoms with Gasteiger partial charge >= 0.3 is 0 Å². The molecule has 0 bridgehead atoms. The van der Waals surface area contributed by atoms with Crippen LogP contribution in [0.2, 0.25) is 0 Å². The van der Waals surface area contributed by atoms with E-state index in [-0.39, 0.29) is 23.4 Å². The lowest BCUT2D eigenvalue weighted by Crippen LogP contribution is -2.31. The minimum Gasteiger partial charge on any atom is -0.496 e. The number of carbonyl (C=O) groups excluding carboxylic acids is 2. The number of amides is 2. The van der Waals surface area contributed by atoms with Crippen molar-refractivity contribution < 1.29 is 27.8 Å². The Bertz CT molecular complexity index is 2660. The molecule has 0 spiro atoms. The van der Waals surface area contributed by atoms with Crippen molar-refractivity contribution in [3.63, 3.8) is 0 Å². The van der Waals surface area contributed by atoms with Gasteiger partial charge in [-0.2, -0.15) is 0 Å². The van der Waals surface area contributed by atoms with E-state index in [1.165, 1.54) is 24.3 Å². The lowest BCUT2D eigenvalue weighted by molar-refractivity contribution is 0.0716. The number of halogens is 2. The van der Waals surface area contributed by atoms with Crippen LogP contribution in [0.4, 0.5) is 8.78 Å². The Morgan fingerprint density at radius 1 is 0.552 bits per heavy atom. The number of carbonyl (C=O) groups is 2. The van der Waals surface area contributed by atoms with Crippen LogP contribution in [0.15, 0.2) is 133 Å². The number of fused-ring (bicyclic) bond motifs is 4. The van der Waals surface area contributed by atoms with Gasteiger partial charge in [-0.3, -0.25) is 9.59 Å². The fraction of sp³-hybridized carbons (Fsp3) is 0.130. The van der Waals surface area contributed by atoms with E-state index in [4.69, 9.17) is 9.47 Å². The van der Waals surface area contributed by atoms with Gasteiger partial charge in [0.15, 0.2) is 0 Å². The predicted molar refractivity (Wildman–Crippen MR) is 214 cm³/mol. The number of nitrogens with one attached hydrogen (secondary N) is 2. The van der Waals surface area contributed by atoms with E-state index in [9.17, 15) is 18.4 Å². The molecule has 2 aliphatic rings. The molecule has 0 fully saturated rings. The maximum absolute atomic E-state index is 13.7. The minimum atomic E-state index is -0.499. The third-order valence-electron chi connectivity index (χ3n) is 10.6. The Morgan fingerprint density at radius 3 is 1.36 bits per heavy atom. The number of benzene rings is 6. The van der Waals surface area contributed by atoms with Gasteiger partial charge in [-0.05, 0) is 71.8 Å². The molecule has 2 aromatic heterocycles. The van der Waals surface area contributed by atoms with Crippen LogP contribution < -0.4 is 9.47 Å². The molecule has 0 radical (unpaired) electrons. The summed E-state index contributed by atoms with van der Waals surface area (Å²) in [6.07, 6.45) is 0. The molecule has 10 rings (SSSR count). The van der Waals surface area contributed by atoms with Crippen LogP contribution in [0.3, 0.4) is 0 Å². The Labute approximate surface area is 331 Å². The lowest BCUT2D eigenvalue weighted by atomic mass is 10.0. The predicted octanol–water partition coefficient (Wildman–Crippen LogP) is 8.91. The van der Waals surface area contributed by atoms with E-state index in [1.54, 1.807) is 36.2 Å². The highest BCUT2D eigenvalue weighted by Crippen LogP contribution is 2.40. The topological polar surface area (TPSA) is 116 Å². The number of aromatic nitrogens is 4. The van der Waals surface area contributed by atoms with Crippen molar-refractivity contribution in [2.24, 2.45) is 0 Å². The number of ether oxygens (including phenoxy) is 2. The number of rotatable bonds is 8. The molecule has 2 unspecified atom stereocenters. The van der Waals surface area contributed by atoms with Crippen LogP contribution in [-0.2, 0) is 13.1 Å². The Kier molecular flexibility index (Phi) is 9.36. The molecule has 10 nitrogen and oxygen atoms in total. The van der Waals surface area contributed by atoms with Crippen molar-refractivity contribution in [1.29, 1.82) is 0 Å². The average molecular weight is 775 g/mol. The zero-order valence-corrected chi connectivity index (χ0v) is 31.4. The van der Waals surface area contributed by atoms with Crippen LogP contribution >= 0.6 is 0 Å². The van der Waals surface area contributed by atoms with Crippen LogP contribution in [-0.4, -0.2) is 55.8 Å². The van der Waals surface area contributed by atoms with Crippen molar-refractivity contribution in [2.75, 3.05) is 14.2 Å². The van der Waals surface area contributed by atoms with Crippen LogP contribution in [0.25, 0.3) is 22.1 Å². The zero-order valence-electron chi connectivity index (χ0n) is 31.4. The van der Waals surface area contributed by atoms with Crippen molar-refractivity contribution in [2.45, 2.75) is 25.2 Å². The second-order valence-electron chi connectivity index (χ2n) is 14.0. The summed E-state index contributed by atoms with van der Waals surface area (Å²) in [7, 11) is 3.20. The van der Waals surface area contributed by atoms with Gasteiger partial charge in [0.25, 0.3) is 11.8 Å². The molecule has 8 aromatic rings. The molecule has 2 N–H and O–H groups in total. The number of H-pyrrole nitrogens is 2. The highest BCUT2D eigenvalue weighted by Gasteiger charge is 2.38. The normalized spacial score (nSPS) is 14.3. The Hall–Kier alpha value is -7.34. The number of hydrogen-bond donors (Lipinski definition) is 2. The van der Waals surface area contributed by atoms with Gasteiger partial charge in [-0.15, -0.1) is 0 Å². The zero-order chi connectivity index (χ0) is 39.9. The number of imidazole rings is 2. The maximum Gasteiger partial charge on any atom is 0.255 e. The smallest absolute Gasteiger partial charge is 0.255 e. The van der Waals surface area contributed by atoms with Gasteiger partial charge in [0.05, 0.1) is 36.3 Å². The molecule has 2 amide bonds. The fourth-order valence-electron chi connectivity index (χ4n) is 7.94. The summed E-state index contributed by atoms with van der Waals surface area (Å²) < 4.78 is 38.5. The summed E-state index contributed by atoms with van der Waals surface area (Å²) in [5, 5.41) is 0. The molecule has 0 saturated carbocycles. The molecule has 4 heterocycles. The van der Waals surface area contributed by atoms with E-state index < -0.39 is 12.1 Å². The summed E-state index contributed by atoms with van der Waals surface area (Å²) in [6, 6.07) is 38.2. The maximum atomic E-state index is 13.7. The fourth-order valence-corrected chi connectivity index (χ4v) is 7.94. The van der Waals surface area contributed by atoms with Crippen LogP contribution in [0.5, 0.6) is 11.5 Å². The van der Waals surface area contributed by atoms with Gasteiger partial charge in [0.1, 0.15) is 46.9 Å². The minimum absolute atomic E-state index is 0.0665. The molecule has 58 heavy (non-hydrogen) atoms. The summed E-state index contributed by atoms with van der Waals surface area (Å²) in [5.41, 5.74) is 7.42. The number of methoxy groups -OCH3 is 2. The molecule has 0 saturated heterocycles. The molecular formula is C46H36F2N6O4. The van der Waals surface area contributed by atoms with Gasteiger partial charge in [-0.25, -0.2) is 18.7 Å². The van der Waals surface area contributed by atoms with E-state index in [2.05, 4.69) is 19.9 Å². The van der Waals surface area contributed by atoms with Gasteiger partial charge in [0.2, 0.25) is 0 Å². The first kappa shape index (κ1) is 36.3. The summed E-state index contributed by atoms with van der Waals surface area (Å²) in [4.78, 5) is 45.8. The first-order valence-corrected chi connectivity index (χ1v) is 18.6. The highest BCUT2D eigenvalue weighted by molar-refractivity contribution is 5.99. The Morgan fingerprint density at radius 2 is 0.948 bits per heavy atom. The van der Waals surface area contributed by atoms with Gasteiger partial charge in [-0.1, -0.05) is 72.8 Å². The number of nitrogens with zero attached hydrogens (tertiary/aromatic N) is 4. The highest BCUT2D eigenvalue weighted by atomic mass is 19.1. The average Bonchev–Trinajstić information content (AvgIpc) is 4.02. The lowest BCUT2D eigenvalue weighted by Gasteiger charge is -2.28. The van der Waals surface area contributed by atoms with Crippen molar-refractivity contribution in [3.05, 3.63) is 190 Å². The van der Waals surface area contributed by atoms with Crippen molar-refractivity contribution in [1.82, 2.24) is 29.7 Å². The van der Waals surface area contributed by atoms with E-state index >= 15 is 0 Å². The first-order chi connectivity index (χ1) is 28.3. The van der Waals surface area contributed by atoms with Crippen LogP contribution in [0, 0.1) is 11.6 Å². The Balaban J connectivity index is 0.000000150. The largest absolute Gasteiger partial charge is 0.496 e. The van der Waals surface area contributed by atoms with Crippen LogP contribution in [0.1, 0.15) is 66.7 Å². The molecule has 2 aliphatic heterocycles. The second kappa shape index (κ2) is 15.0. The number of para-hydroxylation sites is 2. The summed E-state index contributed by atoms with van der Waals surface area (Å²) in [5.74, 6) is 1.64. The van der Waals surface area contributed by atoms with Crippen molar-refractivity contribution in [3.8, 4) is 11.5 Å². The van der Waals surface area contributed by atoms with E-state index in [0.717, 1.165) is 22.3 Å². The standard InChI is InChI=1S/2C23H18FN3O2/c2*1-29-20-9-5-4-8-17(20)21(22-25-18-11-10-15(24)12-19(18)26-22)27-13-14-6-2-3-7-16(14)23(27)28/h2*2-12,21H,13H2,1H3,(H,25,26). The molecule has 0 aliphatic carbocycles.